The molecule has 2 amide bonds. The molecule has 2 aromatic rings. The summed E-state index contributed by atoms with van der Waals surface area (Å²) in [5.74, 6) is -2.70. The molecule has 1 aliphatic carbocycles. The summed E-state index contributed by atoms with van der Waals surface area (Å²) in [6.45, 7) is 3.30. The van der Waals surface area contributed by atoms with E-state index in [9.17, 15) is 18.4 Å². The van der Waals surface area contributed by atoms with Crippen molar-refractivity contribution in [3.8, 4) is 0 Å². The van der Waals surface area contributed by atoms with Gasteiger partial charge in [-0.3, -0.25) is 9.59 Å². The van der Waals surface area contributed by atoms with E-state index in [0.29, 0.717) is 41.9 Å². The quantitative estimate of drug-likeness (QED) is 0.750. The number of halogens is 3. The fraction of sp³-hybridized carbons (Fsp3) is 0.545. The van der Waals surface area contributed by atoms with Crippen molar-refractivity contribution < 1.29 is 18.4 Å². The normalized spacial score (nSPS) is 21.5. The van der Waals surface area contributed by atoms with Crippen LogP contribution >= 0.6 is 11.6 Å². The van der Waals surface area contributed by atoms with E-state index in [2.05, 4.69) is 5.32 Å². The minimum Gasteiger partial charge on any atom is -0.352 e. The van der Waals surface area contributed by atoms with Gasteiger partial charge in [-0.2, -0.15) is 0 Å². The van der Waals surface area contributed by atoms with Crippen LogP contribution in [-0.4, -0.2) is 46.3 Å². The van der Waals surface area contributed by atoms with E-state index in [0.717, 1.165) is 18.5 Å². The molecule has 0 radical (unpaired) electrons. The first kappa shape index (κ1) is 21.1. The third-order valence-corrected chi connectivity index (χ3v) is 6.76. The molecule has 0 spiro atoms. The average molecular weight is 438 g/mol. The molecule has 1 saturated heterocycles. The molecule has 1 saturated carbocycles. The molecule has 0 bridgehead atoms. The number of aromatic nitrogens is 1. The van der Waals surface area contributed by atoms with Crippen LogP contribution in [0.4, 0.5) is 8.78 Å². The van der Waals surface area contributed by atoms with E-state index in [1.807, 2.05) is 21.6 Å². The molecule has 4 rings (SSSR count). The summed E-state index contributed by atoms with van der Waals surface area (Å²) in [4.78, 5) is 26.5. The number of carbonyl (C=O) groups is 2. The predicted molar refractivity (Wildman–Crippen MR) is 112 cm³/mol. The second-order valence-electron chi connectivity index (χ2n) is 8.49. The number of rotatable bonds is 5. The highest BCUT2D eigenvalue weighted by molar-refractivity contribution is 6.36. The molecule has 5 nitrogen and oxygen atoms in total. The molecule has 1 N–H and O–H groups in total. The van der Waals surface area contributed by atoms with Gasteiger partial charge in [0.05, 0.1) is 22.1 Å². The Balaban J connectivity index is 1.50. The van der Waals surface area contributed by atoms with Crippen LogP contribution in [0.25, 0.3) is 10.9 Å². The van der Waals surface area contributed by atoms with Crippen molar-refractivity contribution in [3.63, 3.8) is 0 Å². The standard InChI is InChI=1S/C22H26ClF2N3O2/c1-14(29)28-10-7-16(28)12-27-13-17(20-18(23)3-2-4-19(20)27)21(30)26-11-15-5-8-22(24,25)9-6-15/h2-4,13,15-16H,5-12H2,1H3,(H,26,30). The number of amides is 2. The minimum absolute atomic E-state index is 0.0526. The van der Waals surface area contributed by atoms with E-state index >= 15 is 0 Å². The number of likely N-dealkylation sites (tertiary alicyclic amines) is 1. The Morgan fingerprint density at radius 3 is 2.60 bits per heavy atom. The highest BCUT2D eigenvalue weighted by atomic mass is 35.5. The Morgan fingerprint density at radius 1 is 1.23 bits per heavy atom. The van der Waals surface area contributed by atoms with Gasteiger partial charge in [0.25, 0.3) is 5.91 Å². The number of carbonyl (C=O) groups excluding carboxylic acids is 2. The Bertz CT molecular complexity index is 965. The molecular formula is C22H26ClF2N3O2. The van der Waals surface area contributed by atoms with Crippen LogP contribution in [0.2, 0.25) is 5.02 Å². The molecule has 2 heterocycles. The van der Waals surface area contributed by atoms with Crippen molar-refractivity contribution in [3.05, 3.63) is 35.0 Å². The number of fused-ring (bicyclic) bond motifs is 1. The zero-order valence-corrected chi connectivity index (χ0v) is 17.7. The van der Waals surface area contributed by atoms with Gasteiger partial charge in [0.2, 0.25) is 11.8 Å². The van der Waals surface area contributed by atoms with Crippen LogP contribution in [0.15, 0.2) is 24.4 Å². The summed E-state index contributed by atoms with van der Waals surface area (Å²) in [5, 5.41) is 4.09. The zero-order chi connectivity index (χ0) is 21.5. The van der Waals surface area contributed by atoms with Crippen molar-refractivity contribution in [2.75, 3.05) is 13.1 Å². The van der Waals surface area contributed by atoms with Gasteiger partial charge in [0.15, 0.2) is 0 Å². The van der Waals surface area contributed by atoms with Crippen molar-refractivity contribution in [1.29, 1.82) is 0 Å². The molecular weight excluding hydrogens is 412 g/mol. The topological polar surface area (TPSA) is 54.3 Å². The molecule has 30 heavy (non-hydrogen) atoms. The van der Waals surface area contributed by atoms with Gasteiger partial charge >= 0.3 is 0 Å². The molecule has 8 heteroatoms. The average Bonchev–Trinajstić information content (AvgIpc) is 3.04. The maximum atomic E-state index is 13.3. The van der Waals surface area contributed by atoms with Crippen LogP contribution < -0.4 is 5.32 Å². The first-order valence-corrected chi connectivity index (χ1v) is 10.8. The summed E-state index contributed by atoms with van der Waals surface area (Å²) in [6, 6.07) is 5.61. The third-order valence-electron chi connectivity index (χ3n) is 6.44. The molecule has 2 fully saturated rings. The number of nitrogens with zero attached hydrogens (tertiary/aromatic N) is 2. The van der Waals surface area contributed by atoms with Crippen molar-refractivity contribution in [1.82, 2.24) is 14.8 Å². The number of hydrogen-bond acceptors (Lipinski definition) is 2. The first-order chi connectivity index (χ1) is 14.2. The van der Waals surface area contributed by atoms with Gasteiger partial charge in [0, 0.05) is 51.0 Å². The Kier molecular flexibility index (Phi) is 5.75. The summed E-state index contributed by atoms with van der Waals surface area (Å²) in [6.07, 6.45) is 3.31. The van der Waals surface area contributed by atoms with E-state index in [-0.39, 0.29) is 36.6 Å². The van der Waals surface area contributed by atoms with Crippen LogP contribution in [0.1, 0.15) is 49.4 Å². The number of hydrogen-bond donors (Lipinski definition) is 1. The van der Waals surface area contributed by atoms with Crippen molar-refractivity contribution in [2.24, 2.45) is 5.92 Å². The third kappa shape index (κ3) is 4.17. The van der Waals surface area contributed by atoms with Gasteiger partial charge in [-0.1, -0.05) is 17.7 Å². The van der Waals surface area contributed by atoms with Crippen LogP contribution in [0.3, 0.4) is 0 Å². The lowest BCUT2D eigenvalue weighted by Gasteiger charge is -2.40. The van der Waals surface area contributed by atoms with Crippen molar-refractivity contribution >= 4 is 34.3 Å². The largest absolute Gasteiger partial charge is 0.352 e. The van der Waals surface area contributed by atoms with E-state index < -0.39 is 5.92 Å². The maximum absolute atomic E-state index is 13.3. The lowest BCUT2D eigenvalue weighted by molar-refractivity contribution is -0.136. The highest BCUT2D eigenvalue weighted by Crippen LogP contribution is 2.36. The minimum atomic E-state index is -2.57. The van der Waals surface area contributed by atoms with E-state index in [1.165, 1.54) is 0 Å². The second-order valence-corrected chi connectivity index (χ2v) is 8.90. The van der Waals surface area contributed by atoms with Gasteiger partial charge in [-0.25, -0.2) is 8.78 Å². The second kappa shape index (κ2) is 8.17. The van der Waals surface area contributed by atoms with Gasteiger partial charge in [-0.15, -0.1) is 0 Å². The molecule has 1 aromatic carbocycles. The number of nitrogens with one attached hydrogen (secondary N) is 1. The molecule has 1 aliphatic heterocycles. The lowest BCUT2D eigenvalue weighted by atomic mass is 9.87. The summed E-state index contributed by atoms with van der Waals surface area (Å²) in [7, 11) is 0. The number of alkyl halides is 2. The van der Waals surface area contributed by atoms with Gasteiger partial charge < -0.3 is 14.8 Å². The fourth-order valence-corrected chi connectivity index (χ4v) is 4.81. The van der Waals surface area contributed by atoms with Crippen LogP contribution in [-0.2, 0) is 11.3 Å². The summed E-state index contributed by atoms with van der Waals surface area (Å²) in [5.41, 5.74) is 1.32. The first-order valence-electron chi connectivity index (χ1n) is 10.5. The fourth-order valence-electron chi connectivity index (χ4n) is 4.54. The van der Waals surface area contributed by atoms with Gasteiger partial charge in [0.1, 0.15) is 0 Å². The molecule has 2 aliphatic rings. The predicted octanol–water partition coefficient (Wildman–Crippen LogP) is 4.47. The maximum Gasteiger partial charge on any atom is 0.253 e. The smallest absolute Gasteiger partial charge is 0.253 e. The van der Waals surface area contributed by atoms with E-state index in [4.69, 9.17) is 11.6 Å². The zero-order valence-electron chi connectivity index (χ0n) is 17.0. The van der Waals surface area contributed by atoms with Crippen LogP contribution in [0.5, 0.6) is 0 Å². The highest BCUT2D eigenvalue weighted by Gasteiger charge is 2.35. The Morgan fingerprint density at radius 2 is 1.97 bits per heavy atom. The SMILES string of the molecule is CC(=O)N1CCC1Cn1cc(C(=O)NCC2CCC(F)(F)CC2)c2c(Cl)cccc21. The van der Waals surface area contributed by atoms with Crippen molar-refractivity contribution in [2.45, 2.75) is 57.5 Å². The summed E-state index contributed by atoms with van der Waals surface area (Å²) >= 11 is 6.42. The van der Waals surface area contributed by atoms with E-state index in [1.54, 1.807) is 19.2 Å². The molecule has 1 unspecified atom stereocenters. The molecule has 1 atom stereocenters. The van der Waals surface area contributed by atoms with Gasteiger partial charge in [-0.05, 0) is 37.3 Å². The molecule has 1 aromatic heterocycles. The monoisotopic (exact) mass is 437 g/mol. The van der Waals surface area contributed by atoms with Crippen LogP contribution in [0, 0.1) is 5.92 Å². The summed E-state index contributed by atoms with van der Waals surface area (Å²) < 4.78 is 28.7. The Hall–Kier alpha value is -2.15. The lowest BCUT2D eigenvalue weighted by Crippen LogP contribution is -2.52. The Labute approximate surface area is 179 Å². The molecule has 162 valence electrons. The number of benzene rings is 1.